The maximum absolute atomic E-state index is 12.4. The normalized spacial score (nSPS) is 14.0. The number of hydrogen-bond donors (Lipinski definition) is 1. The molecule has 0 amide bonds. The van der Waals surface area contributed by atoms with Gasteiger partial charge in [0.2, 0.25) is 15.9 Å². The summed E-state index contributed by atoms with van der Waals surface area (Å²) in [6.07, 6.45) is 0. The second-order valence-electron chi connectivity index (χ2n) is 6.30. The average Bonchev–Trinajstić information content (AvgIpc) is 2.84. The lowest BCUT2D eigenvalue weighted by molar-refractivity contribution is 0.351. The third-order valence-electron chi connectivity index (χ3n) is 3.28. The third kappa shape index (κ3) is 3.72. The number of hydrogen-bond acceptors (Lipinski definition) is 5. The van der Waals surface area contributed by atoms with Crippen LogP contribution in [0, 0.1) is 6.92 Å². The first-order valence-electron chi connectivity index (χ1n) is 7.03. The second-order valence-corrected chi connectivity index (χ2v) is 8.01. The highest BCUT2D eigenvalue weighted by Gasteiger charge is 2.22. The van der Waals surface area contributed by atoms with E-state index >= 15 is 0 Å². The Bertz CT molecular complexity index is 743. The Kier molecular flexibility index (Phi) is 4.39. The van der Waals surface area contributed by atoms with Crippen LogP contribution in [0.2, 0.25) is 0 Å². The SMILES string of the molecule is Cc1noc([C@H](C)NS(=O)(=O)c2ccc(C(C)(C)C)cc2)n1. The summed E-state index contributed by atoms with van der Waals surface area (Å²) in [5.74, 6) is 0.711. The molecule has 1 aromatic carbocycles. The molecule has 1 atom stereocenters. The number of benzene rings is 1. The average molecular weight is 323 g/mol. The van der Waals surface area contributed by atoms with Gasteiger partial charge in [-0.1, -0.05) is 38.1 Å². The Hall–Kier alpha value is -1.73. The molecule has 1 heterocycles. The molecule has 0 fully saturated rings. The van der Waals surface area contributed by atoms with E-state index in [1.54, 1.807) is 26.0 Å². The largest absolute Gasteiger partial charge is 0.338 e. The summed E-state index contributed by atoms with van der Waals surface area (Å²) in [6, 6.07) is 6.28. The van der Waals surface area contributed by atoms with E-state index < -0.39 is 16.1 Å². The zero-order chi connectivity index (χ0) is 16.5. The van der Waals surface area contributed by atoms with Crippen LogP contribution in [0.15, 0.2) is 33.7 Å². The molecule has 0 bridgehead atoms. The molecule has 7 heteroatoms. The maximum Gasteiger partial charge on any atom is 0.244 e. The Morgan fingerprint density at radius 3 is 2.23 bits per heavy atom. The number of rotatable bonds is 4. The summed E-state index contributed by atoms with van der Waals surface area (Å²) in [6.45, 7) is 9.58. The van der Waals surface area contributed by atoms with Gasteiger partial charge in [-0.2, -0.15) is 9.71 Å². The molecule has 2 aromatic rings. The van der Waals surface area contributed by atoms with Crippen molar-refractivity contribution < 1.29 is 12.9 Å². The number of sulfonamides is 1. The Morgan fingerprint density at radius 2 is 1.77 bits per heavy atom. The lowest BCUT2D eigenvalue weighted by atomic mass is 9.87. The fraction of sp³-hybridized carbons (Fsp3) is 0.467. The number of aromatic nitrogens is 2. The molecule has 0 saturated carbocycles. The van der Waals surface area contributed by atoms with Crippen molar-refractivity contribution in [2.24, 2.45) is 0 Å². The van der Waals surface area contributed by atoms with Crippen LogP contribution in [0.5, 0.6) is 0 Å². The summed E-state index contributed by atoms with van der Waals surface area (Å²) in [4.78, 5) is 4.24. The van der Waals surface area contributed by atoms with Crippen molar-refractivity contribution in [1.82, 2.24) is 14.9 Å². The molecular formula is C15H21N3O3S. The smallest absolute Gasteiger partial charge is 0.244 e. The van der Waals surface area contributed by atoms with Gasteiger partial charge in [-0.25, -0.2) is 8.42 Å². The summed E-state index contributed by atoms with van der Waals surface area (Å²) in [5, 5.41) is 3.66. The van der Waals surface area contributed by atoms with E-state index in [4.69, 9.17) is 4.52 Å². The molecule has 120 valence electrons. The standard InChI is InChI=1S/C15H21N3O3S/c1-10(14-16-11(2)17-21-14)18-22(19,20)13-8-6-12(7-9-13)15(3,4)5/h6-10,18H,1-5H3/t10-/m0/s1. The summed E-state index contributed by atoms with van der Waals surface area (Å²) in [7, 11) is -3.64. The van der Waals surface area contributed by atoms with E-state index in [1.165, 1.54) is 0 Å². The minimum atomic E-state index is -3.64. The van der Waals surface area contributed by atoms with Crippen LogP contribution in [0.25, 0.3) is 0 Å². The molecule has 0 saturated heterocycles. The van der Waals surface area contributed by atoms with Crippen LogP contribution >= 0.6 is 0 Å². The van der Waals surface area contributed by atoms with Crippen LogP contribution in [-0.2, 0) is 15.4 Å². The molecule has 0 radical (unpaired) electrons. The van der Waals surface area contributed by atoms with Gasteiger partial charge in [-0.15, -0.1) is 0 Å². The minimum absolute atomic E-state index is 0.0235. The molecule has 2 rings (SSSR count). The summed E-state index contributed by atoms with van der Waals surface area (Å²) in [5.41, 5.74) is 1.05. The predicted octanol–water partition coefficient (Wildman–Crippen LogP) is 2.72. The molecule has 6 nitrogen and oxygen atoms in total. The first-order chi connectivity index (χ1) is 10.1. The van der Waals surface area contributed by atoms with Crippen molar-refractivity contribution in [2.45, 2.75) is 51.0 Å². The van der Waals surface area contributed by atoms with Gasteiger partial charge in [0.1, 0.15) is 0 Å². The van der Waals surface area contributed by atoms with Crippen LogP contribution in [0.1, 0.15) is 51.0 Å². The van der Waals surface area contributed by atoms with Crippen LogP contribution in [-0.4, -0.2) is 18.6 Å². The number of aryl methyl sites for hydroxylation is 1. The van der Waals surface area contributed by atoms with E-state index in [2.05, 4.69) is 35.6 Å². The van der Waals surface area contributed by atoms with Gasteiger partial charge in [-0.3, -0.25) is 0 Å². The molecule has 1 N–H and O–H groups in total. The number of nitrogens with one attached hydrogen (secondary N) is 1. The van der Waals surface area contributed by atoms with E-state index in [0.29, 0.717) is 5.82 Å². The predicted molar refractivity (Wildman–Crippen MR) is 82.9 cm³/mol. The van der Waals surface area contributed by atoms with Crippen LogP contribution in [0.4, 0.5) is 0 Å². The zero-order valence-corrected chi connectivity index (χ0v) is 14.2. The third-order valence-corrected chi connectivity index (χ3v) is 4.83. The van der Waals surface area contributed by atoms with Crippen LogP contribution in [0.3, 0.4) is 0 Å². The lowest BCUT2D eigenvalue weighted by Gasteiger charge is -2.19. The first-order valence-corrected chi connectivity index (χ1v) is 8.51. The molecule has 0 aliphatic rings. The minimum Gasteiger partial charge on any atom is -0.338 e. The van der Waals surface area contributed by atoms with Crippen molar-refractivity contribution >= 4 is 10.0 Å². The van der Waals surface area contributed by atoms with E-state index in [-0.39, 0.29) is 16.2 Å². The van der Waals surface area contributed by atoms with Crippen molar-refractivity contribution in [1.29, 1.82) is 0 Å². The first kappa shape index (κ1) is 16.6. The highest BCUT2D eigenvalue weighted by molar-refractivity contribution is 7.89. The Labute approximate surface area is 131 Å². The number of nitrogens with zero attached hydrogens (tertiary/aromatic N) is 2. The van der Waals surface area contributed by atoms with Crippen molar-refractivity contribution in [3.05, 3.63) is 41.5 Å². The molecule has 1 aromatic heterocycles. The fourth-order valence-corrected chi connectivity index (χ4v) is 3.17. The van der Waals surface area contributed by atoms with Gasteiger partial charge < -0.3 is 4.52 Å². The van der Waals surface area contributed by atoms with Gasteiger partial charge >= 0.3 is 0 Å². The summed E-state index contributed by atoms with van der Waals surface area (Å²) < 4.78 is 32.3. The topological polar surface area (TPSA) is 85.1 Å². The second kappa shape index (κ2) is 5.81. The molecule has 0 spiro atoms. The molecular weight excluding hydrogens is 302 g/mol. The highest BCUT2D eigenvalue weighted by atomic mass is 32.2. The Morgan fingerprint density at radius 1 is 1.18 bits per heavy atom. The van der Waals surface area contributed by atoms with Gasteiger partial charge in [0, 0.05) is 0 Å². The summed E-state index contributed by atoms with van der Waals surface area (Å²) >= 11 is 0. The zero-order valence-electron chi connectivity index (χ0n) is 13.4. The molecule has 0 aliphatic heterocycles. The van der Waals surface area contributed by atoms with E-state index in [9.17, 15) is 8.42 Å². The molecule has 0 aliphatic carbocycles. The lowest BCUT2D eigenvalue weighted by Crippen LogP contribution is -2.27. The van der Waals surface area contributed by atoms with Gasteiger partial charge in [0.05, 0.1) is 10.9 Å². The van der Waals surface area contributed by atoms with Gasteiger partial charge in [0.25, 0.3) is 0 Å². The van der Waals surface area contributed by atoms with Crippen molar-refractivity contribution in [3.8, 4) is 0 Å². The van der Waals surface area contributed by atoms with Gasteiger partial charge in [-0.05, 0) is 37.0 Å². The maximum atomic E-state index is 12.4. The van der Waals surface area contributed by atoms with Gasteiger partial charge in [0.15, 0.2) is 5.82 Å². The quantitative estimate of drug-likeness (QED) is 0.935. The monoisotopic (exact) mass is 323 g/mol. The highest BCUT2D eigenvalue weighted by Crippen LogP contribution is 2.24. The van der Waals surface area contributed by atoms with Crippen molar-refractivity contribution in [3.63, 3.8) is 0 Å². The molecule has 22 heavy (non-hydrogen) atoms. The van der Waals surface area contributed by atoms with Crippen molar-refractivity contribution in [2.75, 3.05) is 0 Å². The van der Waals surface area contributed by atoms with Crippen LogP contribution < -0.4 is 4.72 Å². The van der Waals surface area contributed by atoms with E-state index in [0.717, 1.165) is 5.56 Å². The van der Waals surface area contributed by atoms with E-state index in [1.807, 2.05) is 12.1 Å². The molecule has 0 unspecified atom stereocenters. The Balaban J connectivity index is 2.20. The fourth-order valence-electron chi connectivity index (χ4n) is 1.97.